The van der Waals surface area contributed by atoms with Gasteiger partial charge >= 0.3 is 5.97 Å². The quantitative estimate of drug-likeness (QED) is 0.740. The SMILES string of the molecule is O=C(O)CC1(NC(=O)CC2C=CCC2)CCOCC1. The van der Waals surface area contributed by atoms with Gasteiger partial charge in [-0.05, 0) is 31.6 Å². The Hall–Kier alpha value is -1.36. The molecule has 2 aliphatic rings. The Morgan fingerprint density at radius 2 is 2.11 bits per heavy atom. The van der Waals surface area contributed by atoms with E-state index in [1.807, 2.05) is 0 Å². The van der Waals surface area contributed by atoms with E-state index in [9.17, 15) is 9.59 Å². The average molecular weight is 267 g/mol. The van der Waals surface area contributed by atoms with Gasteiger partial charge in [0.15, 0.2) is 0 Å². The summed E-state index contributed by atoms with van der Waals surface area (Å²) in [4.78, 5) is 23.1. The summed E-state index contributed by atoms with van der Waals surface area (Å²) in [5.41, 5.74) is -0.622. The molecular formula is C14H21NO4. The molecule has 1 atom stereocenters. The van der Waals surface area contributed by atoms with Crippen LogP contribution in [0.1, 0.15) is 38.5 Å². The number of carbonyl (C=O) groups excluding carboxylic acids is 1. The highest BCUT2D eigenvalue weighted by atomic mass is 16.5. The van der Waals surface area contributed by atoms with E-state index >= 15 is 0 Å². The zero-order valence-corrected chi connectivity index (χ0v) is 11.1. The molecule has 1 saturated heterocycles. The molecule has 0 aromatic rings. The van der Waals surface area contributed by atoms with Crippen LogP contribution < -0.4 is 5.32 Å². The zero-order valence-electron chi connectivity index (χ0n) is 11.1. The molecule has 5 nitrogen and oxygen atoms in total. The molecule has 2 N–H and O–H groups in total. The number of amides is 1. The number of carboxylic acid groups (broad SMARTS) is 1. The van der Waals surface area contributed by atoms with E-state index in [1.165, 1.54) is 0 Å². The molecule has 0 aromatic carbocycles. The van der Waals surface area contributed by atoms with Crippen LogP contribution >= 0.6 is 0 Å². The summed E-state index contributed by atoms with van der Waals surface area (Å²) < 4.78 is 5.27. The molecule has 106 valence electrons. The summed E-state index contributed by atoms with van der Waals surface area (Å²) in [5.74, 6) is -0.607. The number of allylic oxidation sites excluding steroid dienone is 2. The van der Waals surface area contributed by atoms with Crippen molar-refractivity contribution in [2.75, 3.05) is 13.2 Å². The summed E-state index contributed by atoms with van der Waals surface area (Å²) >= 11 is 0. The third-order valence-corrected chi connectivity index (χ3v) is 3.90. The number of carbonyl (C=O) groups is 2. The lowest BCUT2D eigenvalue weighted by molar-refractivity contribution is -0.140. The summed E-state index contributed by atoms with van der Waals surface area (Å²) in [6.07, 6.45) is 7.81. The standard InChI is InChI=1S/C14H21NO4/c16-12(9-11-3-1-2-4-11)15-14(10-13(17)18)5-7-19-8-6-14/h1,3,11H,2,4-10H2,(H,15,16)(H,17,18). The predicted octanol–water partition coefficient (Wildman–Crippen LogP) is 1.48. The monoisotopic (exact) mass is 267 g/mol. The van der Waals surface area contributed by atoms with Crippen LogP contribution in [0.4, 0.5) is 0 Å². The Morgan fingerprint density at radius 1 is 1.37 bits per heavy atom. The van der Waals surface area contributed by atoms with E-state index in [2.05, 4.69) is 17.5 Å². The van der Waals surface area contributed by atoms with E-state index < -0.39 is 11.5 Å². The predicted molar refractivity (Wildman–Crippen MR) is 69.7 cm³/mol. The third kappa shape index (κ3) is 4.06. The first kappa shape index (κ1) is 14.1. The van der Waals surface area contributed by atoms with E-state index in [4.69, 9.17) is 9.84 Å². The molecule has 5 heteroatoms. The van der Waals surface area contributed by atoms with Crippen molar-refractivity contribution in [3.63, 3.8) is 0 Å². The first-order chi connectivity index (χ1) is 9.10. The zero-order chi connectivity index (χ0) is 13.7. The Kier molecular flexibility index (Phi) is 4.58. The van der Waals surface area contributed by atoms with Gasteiger partial charge in [0.2, 0.25) is 5.91 Å². The molecule has 0 saturated carbocycles. The van der Waals surface area contributed by atoms with Crippen LogP contribution in [0.5, 0.6) is 0 Å². The van der Waals surface area contributed by atoms with E-state index in [0.29, 0.717) is 38.4 Å². The van der Waals surface area contributed by atoms with Gasteiger partial charge in [-0.1, -0.05) is 12.2 Å². The fourth-order valence-corrected chi connectivity index (χ4v) is 2.85. The number of nitrogens with one attached hydrogen (secondary N) is 1. The molecule has 2 rings (SSSR count). The molecule has 19 heavy (non-hydrogen) atoms. The van der Waals surface area contributed by atoms with Crippen LogP contribution in [0.25, 0.3) is 0 Å². The summed E-state index contributed by atoms with van der Waals surface area (Å²) in [6.45, 7) is 1.02. The minimum Gasteiger partial charge on any atom is -0.481 e. The molecule has 1 amide bonds. The van der Waals surface area contributed by atoms with Crippen molar-refractivity contribution in [1.82, 2.24) is 5.32 Å². The Labute approximate surface area is 113 Å². The highest BCUT2D eigenvalue weighted by molar-refractivity contribution is 5.78. The van der Waals surface area contributed by atoms with Gasteiger partial charge in [-0.3, -0.25) is 9.59 Å². The Bertz CT molecular complexity index is 372. The van der Waals surface area contributed by atoms with Crippen molar-refractivity contribution >= 4 is 11.9 Å². The average Bonchev–Trinajstić information content (AvgIpc) is 2.81. The van der Waals surface area contributed by atoms with E-state index in [-0.39, 0.29) is 12.3 Å². The lowest BCUT2D eigenvalue weighted by Crippen LogP contribution is -2.53. The molecule has 1 aliphatic heterocycles. The number of hydrogen-bond acceptors (Lipinski definition) is 3. The summed E-state index contributed by atoms with van der Waals surface area (Å²) in [6, 6.07) is 0. The summed E-state index contributed by atoms with van der Waals surface area (Å²) in [7, 11) is 0. The maximum Gasteiger partial charge on any atom is 0.305 e. The first-order valence-corrected chi connectivity index (χ1v) is 6.87. The highest BCUT2D eigenvalue weighted by Gasteiger charge is 2.36. The van der Waals surface area contributed by atoms with Crippen molar-refractivity contribution in [2.24, 2.45) is 5.92 Å². The smallest absolute Gasteiger partial charge is 0.305 e. The highest BCUT2D eigenvalue weighted by Crippen LogP contribution is 2.26. The number of rotatable bonds is 5. The van der Waals surface area contributed by atoms with Crippen LogP contribution in [-0.4, -0.2) is 35.7 Å². The molecule has 0 bridgehead atoms. The van der Waals surface area contributed by atoms with Gasteiger partial charge in [0.1, 0.15) is 0 Å². The van der Waals surface area contributed by atoms with Gasteiger partial charge in [-0.25, -0.2) is 0 Å². The van der Waals surface area contributed by atoms with Crippen LogP contribution in [-0.2, 0) is 14.3 Å². The number of aliphatic carboxylic acids is 1. The molecule has 1 aliphatic carbocycles. The number of hydrogen-bond donors (Lipinski definition) is 2. The fourth-order valence-electron chi connectivity index (χ4n) is 2.85. The van der Waals surface area contributed by atoms with Gasteiger partial charge in [0.05, 0.1) is 12.0 Å². The second kappa shape index (κ2) is 6.19. The maximum absolute atomic E-state index is 12.1. The molecule has 0 radical (unpaired) electrons. The number of carboxylic acids is 1. The second-order valence-corrected chi connectivity index (χ2v) is 5.48. The topological polar surface area (TPSA) is 75.6 Å². The van der Waals surface area contributed by atoms with Crippen LogP contribution in [0.15, 0.2) is 12.2 Å². The molecule has 0 spiro atoms. The van der Waals surface area contributed by atoms with Crippen LogP contribution in [0.3, 0.4) is 0 Å². The second-order valence-electron chi connectivity index (χ2n) is 5.48. The molecule has 0 aromatic heterocycles. The fraction of sp³-hybridized carbons (Fsp3) is 0.714. The molecule has 1 fully saturated rings. The van der Waals surface area contributed by atoms with Gasteiger partial charge in [-0.15, -0.1) is 0 Å². The summed E-state index contributed by atoms with van der Waals surface area (Å²) in [5, 5.41) is 12.0. The van der Waals surface area contributed by atoms with Crippen molar-refractivity contribution in [3.05, 3.63) is 12.2 Å². The largest absolute Gasteiger partial charge is 0.481 e. The van der Waals surface area contributed by atoms with Gasteiger partial charge in [-0.2, -0.15) is 0 Å². The third-order valence-electron chi connectivity index (χ3n) is 3.90. The Balaban J connectivity index is 1.92. The normalized spacial score (nSPS) is 25.2. The number of ether oxygens (including phenoxy) is 1. The van der Waals surface area contributed by atoms with Gasteiger partial charge in [0, 0.05) is 19.6 Å². The molecular weight excluding hydrogens is 246 g/mol. The molecule has 1 heterocycles. The van der Waals surface area contributed by atoms with Crippen molar-refractivity contribution < 1.29 is 19.4 Å². The lowest BCUT2D eigenvalue weighted by atomic mass is 9.86. The minimum absolute atomic E-state index is 0.0252. The van der Waals surface area contributed by atoms with Crippen LogP contribution in [0.2, 0.25) is 0 Å². The van der Waals surface area contributed by atoms with E-state index in [1.54, 1.807) is 0 Å². The maximum atomic E-state index is 12.1. The van der Waals surface area contributed by atoms with Gasteiger partial charge in [0.25, 0.3) is 0 Å². The minimum atomic E-state index is -0.872. The van der Waals surface area contributed by atoms with Crippen molar-refractivity contribution in [2.45, 2.75) is 44.1 Å². The van der Waals surface area contributed by atoms with Crippen molar-refractivity contribution in [1.29, 1.82) is 0 Å². The lowest BCUT2D eigenvalue weighted by Gasteiger charge is -2.37. The van der Waals surface area contributed by atoms with E-state index in [0.717, 1.165) is 12.8 Å². The van der Waals surface area contributed by atoms with Crippen LogP contribution in [0, 0.1) is 5.92 Å². The first-order valence-electron chi connectivity index (χ1n) is 6.87. The van der Waals surface area contributed by atoms with Gasteiger partial charge < -0.3 is 15.2 Å². The van der Waals surface area contributed by atoms with Crippen molar-refractivity contribution in [3.8, 4) is 0 Å². The Morgan fingerprint density at radius 3 is 2.68 bits per heavy atom. The molecule has 1 unspecified atom stereocenters.